The Morgan fingerprint density at radius 1 is 1.06 bits per heavy atom. The highest BCUT2D eigenvalue weighted by molar-refractivity contribution is 6.30. The van der Waals surface area contributed by atoms with Gasteiger partial charge in [-0.3, -0.25) is 0 Å². The van der Waals surface area contributed by atoms with Gasteiger partial charge in [-0.25, -0.2) is 0 Å². The summed E-state index contributed by atoms with van der Waals surface area (Å²) in [6.45, 7) is 9.36. The van der Waals surface area contributed by atoms with E-state index in [-0.39, 0.29) is 5.41 Å². The van der Waals surface area contributed by atoms with Crippen molar-refractivity contribution < 1.29 is 5.11 Å². The molecule has 0 saturated heterocycles. The van der Waals surface area contributed by atoms with E-state index in [0.29, 0.717) is 6.54 Å². The molecule has 17 heavy (non-hydrogen) atoms. The summed E-state index contributed by atoms with van der Waals surface area (Å²) >= 11 is 5.88. The van der Waals surface area contributed by atoms with Gasteiger partial charge in [-0.1, -0.05) is 37.6 Å². The van der Waals surface area contributed by atoms with Crippen LogP contribution in [0.5, 0.6) is 0 Å². The molecule has 3 heteroatoms. The Bertz CT molecular complexity index is 351. The van der Waals surface area contributed by atoms with Crippen molar-refractivity contribution in [3.63, 3.8) is 0 Å². The minimum Gasteiger partial charge on any atom is -0.389 e. The molecule has 0 unspecified atom stereocenters. The second kappa shape index (κ2) is 5.38. The van der Waals surface area contributed by atoms with E-state index in [4.69, 9.17) is 11.6 Å². The van der Waals surface area contributed by atoms with Crippen molar-refractivity contribution in [3.05, 3.63) is 34.9 Å². The third-order valence-electron chi connectivity index (χ3n) is 2.75. The molecule has 0 aliphatic heterocycles. The van der Waals surface area contributed by atoms with Crippen LogP contribution >= 0.6 is 11.6 Å². The quantitative estimate of drug-likeness (QED) is 0.848. The lowest BCUT2D eigenvalue weighted by molar-refractivity contribution is 0.0785. The molecule has 0 bridgehead atoms. The van der Waals surface area contributed by atoms with Gasteiger partial charge in [-0.15, -0.1) is 0 Å². The van der Waals surface area contributed by atoms with Gasteiger partial charge in [-0.05, 0) is 31.5 Å². The van der Waals surface area contributed by atoms with E-state index >= 15 is 0 Å². The highest BCUT2D eigenvalue weighted by Gasteiger charge is 2.21. The fourth-order valence-electron chi connectivity index (χ4n) is 1.68. The Morgan fingerprint density at radius 2 is 1.59 bits per heavy atom. The normalized spacial score (nSPS) is 12.8. The molecule has 1 aromatic carbocycles. The predicted octanol–water partition coefficient (Wildman–Crippen LogP) is 2.98. The maximum Gasteiger partial charge on any atom is 0.0715 e. The number of hydrogen-bond donors (Lipinski definition) is 2. The summed E-state index contributed by atoms with van der Waals surface area (Å²) in [5, 5.41) is 13.7. The second-order valence-corrected chi connectivity index (χ2v) is 6.24. The van der Waals surface area contributed by atoms with Crippen molar-refractivity contribution in [1.82, 2.24) is 5.32 Å². The van der Waals surface area contributed by atoms with Crippen molar-refractivity contribution in [3.8, 4) is 0 Å². The third kappa shape index (κ3) is 5.07. The summed E-state index contributed by atoms with van der Waals surface area (Å²) in [4.78, 5) is 0. The average Bonchev–Trinajstić information content (AvgIpc) is 2.15. The molecule has 1 rings (SSSR count). The Hall–Kier alpha value is -0.570. The van der Waals surface area contributed by atoms with Crippen molar-refractivity contribution >= 4 is 11.6 Å². The van der Waals surface area contributed by atoms with E-state index in [1.54, 1.807) is 13.8 Å². The highest BCUT2D eigenvalue weighted by atomic mass is 35.5. The van der Waals surface area contributed by atoms with Gasteiger partial charge < -0.3 is 10.4 Å². The number of nitrogens with one attached hydrogen (secondary N) is 1. The predicted molar refractivity (Wildman–Crippen MR) is 73.6 cm³/mol. The maximum absolute atomic E-state index is 9.64. The fraction of sp³-hybridized carbons (Fsp3) is 0.571. The molecule has 96 valence electrons. The van der Waals surface area contributed by atoms with Crippen LogP contribution in [0.3, 0.4) is 0 Å². The second-order valence-electron chi connectivity index (χ2n) is 5.81. The molecule has 0 radical (unpaired) electrons. The Balaban J connectivity index is 2.59. The summed E-state index contributed by atoms with van der Waals surface area (Å²) < 4.78 is 0. The molecule has 0 aliphatic carbocycles. The molecular formula is C14H22ClNO. The molecule has 0 amide bonds. The van der Waals surface area contributed by atoms with Crippen LogP contribution < -0.4 is 5.32 Å². The van der Waals surface area contributed by atoms with Gasteiger partial charge in [0.1, 0.15) is 0 Å². The number of aliphatic hydroxyl groups is 1. The molecule has 0 atom stereocenters. The topological polar surface area (TPSA) is 32.3 Å². The van der Waals surface area contributed by atoms with Crippen LogP contribution in [0, 0.1) is 0 Å². The van der Waals surface area contributed by atoms with Crippen molar-refractivity contribution in [2.45, 2.75) is 38.7 Å². The monoisotopic (exact) mass is 255 g/mol. The first kappa shape index (κ1) is 14.5. The van der Waals surface area contributed by atoms with Gasteiger partial charge in [0.05, 0.1) is 5.60 Å². The van der Waals surface area contributed by atoms with Crippen LogP contribution in [0.1, 0.15) is 33.3 Å². The summed E-state index contributed by atoms with van der Waals surface area (Å²) in [7, 11) is 0. The lowest BCUT2D eigenvalue weighted by Gasteiger charge is -2.28. The molecule has 1 aromatic rings. The summed E-state index contributed by atoms with van der Waals surface area (Å²) in [5.41, 5.74) is 0.594. The van der Waals surface area contributed by atoms with Crippen molar-refractivity contribution in [2.75, 3.05) is 13.1 Å². The number of halogens is 1. The van der Waals surface area contributed by atoms with Gasteiger partial charge in [-0.2, -0.15) is 0 Å². The molecule has 2 N–H and O–H groups in total. The van der Waals surface area contributed by atoms with Crippen LogP contribution in [-0.2, 0) is 5.41 Å². The van der Waals surface area contributed by atoms with Gasteiger partial charge in [0.25, 0.3) is 0 Å². The SMILES string of the molecule is CC(C)(O)CNCC(C)(C)c1ccc(Cl)cc1. The largest absolute Gasteiger partial charge is 0.389 e. The maximum atomic E-state index is 9.64. The average molecular weight is 256 g/mol. The molecule has 0 aromatic heterocycles. The standard InChI is InChI=1S/C14H22ClNO/c1-13(2,9-16-10-14(3,4)17)11-5-7-12(15)8-6-11/h5-8,16-17H,9-10H2,1-4H3. The highest BCUT2D eigenvalue weighted by Crippen LogP contribution is 2.23. The van der Waals surface area contributed by atoms with Crippen LogP contribution in [-0.4, -0.2) is 23.8 Å². The number of benzene rings is 1. The van der Waals surface area contributed by atoms with Gasteiger partial charge in [0.15, 0.2) is 0 Å². The third-order valence-corrected chi connectivity index (χ3v) is 3.00. The summed E-state index contributed by atoms with van der Waals surface area (Å²) in [5.74, 6) is 0. The van der Waals surface area contributed by atoms with E-state index < -0.39 is 5.60 Å². The Labute approximate surface area is 109 Å². The lowest BCUT2D eigenvalue weighted by atomic mass is 9.84. The van der Waals surface area contributed by atoms with Crippen LogP contribution in [0.2, 0.25) is 5.02 Å². The minimum absolute atomic E-state index is 0.0236. The molecule has 0 saturated carbocycles. The van der Waals surface area contributed by atoms with E-state index in [2.05, 4.69) is 19.2 Å². The molecule has 0 heterocycles. The van der Waals surface area contributed by atoms with Crippen LogP contribution in [0.4, 0.5) is 0 Å². The van der Waals surface area contributed by atoms with Crippen molar-refractivity contribution in [2.24, 2.45) is 0 Å². The zero-order valence-electron chi connectivity index (χ0n) is 11.0. The smallest absolute Gasteiger partial charge is 0.0715 e. The van der Waals surface area contributed by atoms with E-state index in [9.17, 15) is 5.11 Å². The van der Waals surface area contributed by atoms with Gasteiger partial charge >= 0.3 is 0 Å². The van der Waals surface area contributed by atoms with E-state index in [1.807, 2.05) is 24.3 Å². The first-order valence-corrected chi connectivity index (χ1v) is 6.28. The first-order valence-electron chi connectivity index (χ1n) is 5.90. The number of hydrogen-bond acceptors (Lipinski definition) is 2. The zero-order valence-corrected chi connectivity index (χ0v) is 11.8. The van der Waals surface area contributed by atoms with Crippen molar-refractivity contribution in [1.29, 1.82) is 0 Å². The molecule has 0 fully saturated rings. The summed E-state index contributed by atoms with van der Waals surface area (Å²) in [6.07, 6.45) is 0. The minimum atomic E-state index is -0.671. The lowest BCUT2D eigenvalue weighted by Crippen LogP contribution is -2.41. The molecule has 2 nitrogen and oxygen atoms in total. The molecular weight excluding hydrogens is 234 g/mol. The summed E-state index contributed by atoms with van der Waals surface area (Å²) in [6, 6.07) is 7.92. The zero-order chi connectivity index (χ0) is 13.1. The van der Waals surface area contributed by atoms with Crippen LogP contribution in [0.15, 0.2) is 24.3 Å². The molecule has 0 spiro atoms. The first-order chi connectivity index (χ1) is 7.71. The van der Waals surface area contributed by atoms with Gasteiger partial charge in [0.2, 0.25) is 0 Å². The Morgan fingerprint density at radius 3 is 2.06 bits per heavy atom. The number of rotatable bonds is 5. The van der Waals surface area contributed by atoms with E-state index in [0.717, 1.165) is 11.6 Å². The molecule has 0 aliphatic rings. The fourth-order valence-corrected chi connectivity index (χ4v) is 1.81. The van der Waals surface area contributed by atoms with Crippen LogP contribution in [0.25, 0.3) is 0 Å². The van der Waals surface area contributed by atoms with Gasteiger partial charge in [0, 0.05) is 23.5 Å². The Kier molecular flexibility index (Phi) is 4.59. The van der Waals surface area contributed by atoms with E-state index in [1.165, 1.54) is 5.56 Å².